The normalized spacial score (nSPS) is 25.0. The summed E-state index contributed by atoms with van der Waals surface area (Å²) in [5.74, 6) is 1.99. The van der Waals surface area contributed by atoms with Crippen molar-refractivity contribution in [3.05, 3.63) is 30.2 Å². The number of benzene rings is 1. The number of nitrogens with zero attached hydrogens (tertiary/aromatic N) is 3. The molecule has 0 unspecified atom stereocenters. The molecule has 1 aromatic carbocycles. The van der Waals surface area contributed by atoms with Crippen LogP contribution in [-0.2, 0) is 11.2 Å². The van der Waals surface area contributed by atoms with E-state index in [1.807, 2.05) is 24.3 Å². The van der Waals surface area contributed by atoms with Crippen LogP contribution in [0.2, 0.25) is 0 Å². The molecule has 2 N–H and O–H groups in total. The fourth-order valence-electron chi connectivity index (χ4n) is 4.15. The van der Waals surface area contributed by atoms with Gasteiger partial charge in [0.25, 0.3) is 0 Å². The molecule has 1 amide bonds. The predicted molar refractivity (Wildman–Crippen MR) is 104 cm³/mol. The van der Waals surface area contributed by atoms with E-state index in [0.29, 0.717) is 36.8 Å². The highest BCUT2D eigenvalue weighted by Crippen LogP contribution is 2.27. The molecule has 1 aromatic heterocycles. The minimum atomic E-state index is -0.0843. The lowest BCUT2D eigenvalue weighted by Crippen LogP contribution is -2.58. The van der Waals surface area contributed by atoms with E-state index in [0.717, 1.165) is 24.3 Å². The molecule has 28 heavy (non-hydrogen) atoms. The molecule has 2 saturated heterocycles. The van der Waals surface area contributed by atoms with Gasteiger partial charge in [-0.2, -0.15) is 0 Å². The second kappa shape index (κ2) is 7.89. The summed E-state index contributed by atoms with van der Waals surface area (Å²) in [5, 5.41) is 15.0. The van der Waals surface area contributed by atoms with Crippen molar-refractivity contribution in [3.63, 3.8) is 0 Å². The zero-order chi connectivity index (χ0) is 19.7. The fourth-order valence-corrected chi connectivity index (χ4v) is 4.15. The highest BCUT2D eigenvalue weighted by atomic mass is 16.5. The summed E-state index contributed by atoms with van der Waals surface area (Å²) in [4.78, 5) is 14.6. The number of aromatic nitrogens is 2. The summed E-state index contributed by atoms with van der Waals surface area (Å²) in [7, 11) is 1.63. The van der Waals surface area contributed by atoms with Gasteiger partial charge in [0.15, 0.2) is 0 Å². The lowest BCUT2D eigenvalue weighted by atomic mass is 10.1. The van der Waals surface area contributed by atoms with Gasteiger partial charge in [0.05, 0.1) is 13.2 Å². The number of carbonyl (C=O) groups excluding carboxylic acids is 1. The Morgan fingerprint density at radius 1 is 1.32 bits per heavy atom. The Kier molecular flexibility index (Phi) is 5.32. The molecule has 4 rings (SSSR count). The average molecular weight is 385 g/mol. The first-order valence-corrected chi connectivity index (χ1v) is 9.80. The molecular weight excluding hydrogens is 358 g/mol. The molecule has 8 nitrogen and oxygen atoms in total. The Bertz CT molecular complexity index is 820. The van der Waals surface area contributed by atoms with Gasteiger partial charge in [0.1, 0.15) is 5.75 Å². The Morgan fingerprint density at radius 3 is 2.82 bits per heavy atom. The molecule has 0 radical (unpaired) electrons. The molecule has 0 saturated carbocycles. The smallest absolute Gasteiger partial charge is 0.247 e. The van der Waals surface area contributed by atoms with Crippen molar-refractivity contribution in [2.24, 2.45) is 0 Å². The number of ether oxygens (including phenoxy) is 1. The van der Waals surface area contributed by atoms with Crippen LogP contribution < -0.4 is 15.4 Å². The van der Waals surface area contributed by atoms with Gasteiger partial charge in [0.2, 0.25) is 17.7 Å². The van der Waals surface area contributed by atoms with Crippen molar-refractivity contribution in [1.82, 2.24) is 25.7 Å². The second-order valence-corrected chi connectivity index (χ2v) is 7.80. The zero-order valence-corrected chi connectivity index (χ0v) is 16.5. The fraction of sp³-hybridized carbons (Fsp3) is 0.550. The van der Waals surface area contributed by atoms with E-state index < -0.39 is 0 Å². The minimum absolute atomic E-state index is 0.0843. The first-order valence-electron chi connectivity index (χ1n) is 9.80. The van der Waals surface area contributed by atoms with Gasteiger partial charge in [-0.1, -0.05) is 13.8 Å². The largest absolute Gasteiger partial charge is 0.497 e. The summed E-state index contributed by atoms with van der Waals surface area (Å²) >= 11 is 0. The number of piperazine rings is 1. The van der Waals surface area contributed by atoms with Gasteiger partial charge in [0, 0.05) is 43.2 Å². The maximum absolute atomic E-state index is 12.3. The molecule has 8 heteroatoms. The van der Waals surface area contributed by atoms with Gasteiger partial charge >= 0.3 is 0 Å². The van der Waals surface area contributed by atoms with E-state index in [2.05, 4.69) is 39.6 Å². The predicted octanol–water partition coefficient (Wildman–Crippen LogP) is 1.23. The van der Waals surface area contributed by atoms with Gasteiger partial charge in [-0.05, 0) is 30.7 Å². The Labute approximate surface area is 164 Å². The molecule has 0 aliphatic carbocycles. The summed E-state index contributed by atoms with van der Waals surface area (Å²) in [6, 6.07) is 8.33. The third-order valence-corrected chi connectivity index (χ3v) is 5.41. The zero-order valence-electron chi connectivity index (χ0n) is 16.5. The number of amides is 1. The van der Waals surface area contributed by atoms with Crippen LogP contribution in [0.15, 0.2) is 28.7 Å². The summed E-state index contributed by atoms with van der Waals surface area (Å²) in [6.45, 7) is 5.73. The van der Waals surface area contributed by atoms with Gasteiger partial charge in [-0.15, -0.1) is 10.2 Å². The standard InChI is InChI=1S/C20H27N5O3/c1-12(2)22-14-8-17-19(26)21-10-15(25(17)11-14)9-18-23-24-20(28-18)13-4-6-16(27-3)7-5-13/h4-7,12,14-15,17,22H,8-11H2,1-3H3,(H,21,26)/t14-,15+,17-/m0/s1. The number of rotatable bonds is 6. The first-order chi connectivity index (χ1) is 13.5. The molecule has 2 aliphatic heterocycles. The van der Waals surface area contributed by atoms with Crippen molar-refractivity contribution in [2.45, 2.75) is 50.9 Å². The first kappa shape index (κ1) is 18.9. The Balaban J connectivity index is 1.45. The molecule has 0 spiro atoms. The van der Waals surface area contributed by atoms with Gasteiger partial charge < -0.3 is 19.8 Å². The van der Waals surface area contributed by atoms with Gasteiger partial charge in [-0.25, -0.2) is 0 Å². The number of hydrogen-bond donors (Lipinski definition) is 2. The number of fused-ring (bicyclic) bond motifs is 1. The number of hydrogen-bond acceptors (Lipinski definition) is 7. The Hall–Kier alpha value is -2.45. The van der Waals surface area contributed by atoms with Crippen molar-refractivity contribution < 1.29 is 13.9 Å². The second-order valence-electron chi connectivity index (χ2n) is 7.80. The van der Waals surface area contributed by atoms with Crippen molar-refractivity contribution in [2.75, 3.05) is 20.2 Å². The summed E-state index contributed by atoms with van der Waals surface area (Å²) in [5.41, 5.74) is 0.858. The SMILES string of the molecule is COc1ccc(-c2nnc(C[C@@H]3CNC(=O)[C@@H]4C[C@H](NC(C)C)CN34)o2)cc1. The van der Waals surface area contributed by atoms with E-state index >= 15 is 0 Å². The quantitative estimate of drug-likeness (QED) is 0.772. The van der Waals surface area contributed by atoms with Crippen LogP contribution in [0.25, 0.3) is 11.5 Å². The monoisotopic (exact) mass is 385 g/mol. The van der Waals surface area contributed by atoms with E-state index in [1.165, 1.54) is 0 Å². The molecule has 2 aliphatic rings. The summed E-state index contributed by atoms with van der Waals surface area (Å²) in [6.07, 6.45) is 1.45. The number of carbonyl (C=O) groups is 1. The average Bonchev–Trinajstić information content (AvgIpc) is 3.31. The topological polar surface area (TPSA) is 92.5 Å². The van der Waals surface area contributed by atoms with Crippen molar-refractivity contribution in [1.29, 1.82) is 0 Å². The van der Waals surface area contributed by atoms with Crippen LogP contribution in [0.4, 0.5) is 0 Å². The third-order valence-electron chi connectivity index (χ3n) is 5.41. The molecule has 0 bridgehead atoms. The molecule has 2 aromatic rings. The number of nitrogens with one attached hydrogen (secondary N) is 2. The van der Waals surface area contributed by atoms with Crippen LogP contribution >= 0.6 is 0 Å². The molecule has 2 fully saturated rings. The minimum Gasteiger partial charge on any atom is -0.497 e. The lowest BCUT2D eigenvalue weighted by molar-refractivity contribution is -0.129. The molecular formula is C20H27N5O3. The van der Waals surface area contributed by atoms with Crippen LogP contribution in [0.3, 0.4) is 0 Å². The van der Waals surface area contributed by atoms with E-state index in [-0.39, 0.29) is 18.0 Å². The van der Waals surface area contributed by atoms with Crippen LogP contribution in [0.1, 0.15) is 26.2 Å². The highest BCUT2D eigenvalue weighted by Gasteiger charge is 2.43. The van der Waals surface area contributed by atoms with Crippen molar-refractivity contribution >= 4 is 5.91 Å². The highest BCUT2D eigenvalue weighted by molar-refractivity contribution is 5.83. The Morgan fingerprint density at radius 2 is 2.11 bits per heavy atom. The lowest BCUT2D eigenvalue weighted by Gasteiger charge is -2.36. The van der Waals surface area contributed by atoms with Gasteiger partial charge in [-0.3, -0.25) is 9.69 Å². The van der Waals surface area contributed by atoms with Crippen LogP contribution in [0.5, 0.6) is 5.75 Å². The van der Waals surface area contributed by atoms with E-state index in [1.54, 1.807) is 7.11 Å². The van der Waals surface area contributed by atoms with Crippen LogP contribution in [-0.4, -0.2) is 65.4 Å². The molecule has 150 valence electrons. The number of methoxy groups -OCH3 is 1. The van der Waals surface area contributed by atoms with Crippen LogP contribution in [0, 0.1) is 0 Å². The van der Waals surface area contributed by atoms with E-state index in [4.69, 9.17) is 9.15 Å². The maximum atomic E-state index is 12.3. The maximum Gasteiger partial charge on any atom is 0.247 e. The molecule has 3 atom stereocenters. The molecule has 3 heterocycles. The van der Waals surface area contributed by atoms with E-state index in [9.17, 15) is 4.79 Å². The third kappa shape index (κ3) is 3.88. The summed E-state index contributed by atoms with van der Waals surface area (Å²) < 4.78 is 11.1. The van der Waals surface area contributed by atoms with Crippen molar-refractivity contribution in [3.8, 4) is 17.2 Å².